The fraction of sp³-hybridized carbons (Fsp3) is 0.375. The van der Waals surface area contributed by atoms with E-state index in [1.54, 1.807) is 62.7 Å². The predicted octanol–water partition coefficient (Wildman–Crippen LogP) is 5.44. The van der Waals surface area contributed by atoms with E-state index in [1.165, 1.54) is 6.07 Å². The molecule has 0 unspecified atom stereocenters. The van der Waals surface area contributed by atoms with Gasteiger partial charge in [-0.15, -0.1) is 0 Å². The van der Waals surface area contributed by atoms with Gasteiger partial charge in [-0.1, -0.05) is 6.07 Å². The number of ether oxygens (including phenoxy) is 3. The zero-order valence-corrected chi connectivity index (χ0v) is 19.7. The number of hydrogen-bond donors (Lipinski definition) is 1. The summed E-state index contributed by atoms with van der Waals surface area (Å²) in [7, 11) is 0. The first kappa shape index (κ1) is 25.9. The van der Waals surface area contributed by atoms with Crippen LogP contribution in [0.4, 0.5) is 18.0 Å². The summed E-state index contributed by atoms with van der Waals surface area (Å²) in [4.78, 5) is 27.4. The van der Waals surface area contributed by atoms with Gasteiger partial charge in [0, 0.05) is 24.2 Å². The van der Waals surface area contributed by atoms with Gasteiger partial charge in [0.1, 0.15) is 23.6 Å². The van der Waals surface area contributed by atoms with Crippen molar-refractivity contribution in [2.24, 2.45) is 0 Å². The summed E-state index contributed by atoms with van der Waals surface area (Å²) < 4.78 is 57.9. The molecule has 0 saturated heterocycles. The van der Waals surface area contributed by atoms with E-state index in [9.17, 15) is 22.8 Å². The lowest BCUT2D eigenvalue weighted by molar-refractivity contribution is -0.144. The number of alkyl carbamates (subject to hydrolysis) is 1. The Bertz CT molecular complexity index is 1220. The van der Waals surface area contributed by atoms with Gasteiger partial charge in [0.25, 0.3) is 0 Å². The maximum atomic E-state index is 13.5. The second kappa shape index (κ2) is 10.2. The molecule has 3 aromatic rings. The van der Waals surface area contributed by atoms with Gasteiger partial charge < -0.3 is 24.1 Å². The molecule has 3 rings (SSSR count). The topological polar surface area (TPSA) is 91.7 Å². The molecule has 1 N–H and O–H groups in total. The van der Waals surface area contributed by atoms with Crippen molar-refractivity contribution in [3.8, 4) is 11.6 Å². The van der Waals surface area contributed by atoms with E-state index >= 15 is 0 Å². The highest BCUT2D eigenvalue weighted by atomic mass is 19.4. The van der Waals surface area contributed by atoms with Crippen LogP contribution in [0.3, 0.4) is 0 Å². The molecule has 0 bridgehead atoms. The van der Waals surface area contributed by atoms with Crippen molar-refractivity contribution < 1.29 is 37.0 Å². The lowest BCUT2D eigenvalue weighted by Crippen LogP contribution is -2.32. The highest BCUT2D eigenvalue weighted by molar-refractivity contribution is 5.87. The number of halogens is 3. The lowest BCUT2D eigenvalue weighted by atomic mass is 10.2. The zero-order chi connectivity index (χ0) is 25.8. The van der Waals surface area contributed by atoms with Crippen LogP contribution in [-0.2, 0) is 33.5 Å². The van der Waals surface area contributed by atoms with Crippen LogP contribution in [0.25, 0.3) is 10.9 Å². The van der Waals surface area contributed by atoms with Crippen molar-refractivity contribution in [2.45, 2.75) is 52.6 Å². The normalized spacial score (nSPS) is 11.9. The Labute approximate surface area is 200 Å². The smallest absolute Gasteiger partial charge is 0.433 e. The van der Waals surface area contributed by atoms with E-state index in [1.807, 2.05) is 0 Å². The number of carbonyl (C=O) groups is 2. The number of pyridine rings is 1. The number of benzene rings is 1. The molecular weight excluding hydrogens is 467 g/mol. The Kier molecular flexibility index (Phi) is 7.57. The molecule has 0 aliphatic heterocycles. The van der Waals surface area contributed by atoms with Gasteiger partial charge in [-0.2, -0.15) is 13.2 Å². The molecule has 2 aromatic heterocycles. The van der Waals surface area contributed by atoms with Crippen molar-refractivity contribution in [1.82, 2.24) is 14.9 Å². The van der Waals surface area contributed by atoms with Gasteiger partial charge in [-0.25, -0.2) is 9.78 Å². The first-order chi connectivity index (χ1) is 16.4. The van der Waals surface area contributed by atoms with E-state index in [0.717, 1.165) is 6.07 Å². The van der Waals surface area contributed by atoms with Crippen molar-refractivity contribution >= 4 is 23.0 Å². The van der Waals surface area contributed by atoms with E-state index in [2.05, 4.69) is 10.3 Å². The minimum Gasteiger partial charge on any atom is -0.465 e. The number of amides is 1. The van der Waals surface area contributed by atoms with E-state index in [-0.39, 0.29) is 36.9 Å². The molecule has 1 aromatic carbocycles. The number of nitrogens with zero attached hydrogens (tertiary/aromatic N) is 2. The van der Waals surface area contributed by atoms with Gasteiger partial charge in [0.15, 0.2) is 0 Å². The average molecular weight is 493 g/mol. The Morgan fingerprint density at radius 2 is 1.86 bits per heavy atom. The van der Waals surface area contributed by atoms with Crippen LogP contribution in [0.5, 0.6) is 11.6 Å². The third-order valence-corrected chi connectivity index (χ3v) is 4.58. The molecule has 0 spiro atoms. The molecule has 11 heteroatoms. The van der Waals surface area contributed by atoms with Crippen molar-refractivity contribution in [3.05, 3.63) is 53.9 Å². The molecule has 8 nitrogen and oxygen atoms in total. The number of rotatable bonds is 7. The average Bonchev–Trinajstić information content (AvgIpc) is 3.14. The quantitative estimate of drug-likeness (QED) is 0.441. The standard InChI is InChI=1S/C24H26F3N3O5/c1-5-33-21(31)14-30-10-9-16-17(30)7-6-8-18(16)34-20-12-15(11-19(29-20)24(25,26)27)13-28-22(32)35-23(2,3)4/h6-12H,5,13-14H2,1-4H3,(H,28,32). The van der Waals surface area contributed by atoms with Gasteiger partial charge in [0.05, 0.1) is 12.1 Å². The third kappa shape index (κ3) is 7.11. The molecule has 2 heterocycles. The van der Waals surface area contributed by atoms with Crippen LogP contribution in [0, 0.1) is 0 Å². The first-order valence-corrected chi connectivity index (χ1v) is 10.8. The number of hydrogen-bond acceptors (Lipinski definition) is 6. The SMILES string of the molecule is CCOC(=O)Cn1ccc2c(Oc3cc(CNC(=O)OC(C)(C)C)cc(C(F)(F)F)n3)cccc21. The molecular formula is C24H26F3N3O5. The Morgan fingerprint density at radius 3 is 2.51 bits per heavy atom. The minimum absolute atomic E-state index is 0.0247. The summed E-state index contributed by atoms with van der Waals surface area (Å²) in [6.07, 6.45) is -3.84. The lowest BCUT2D eigenvalue weighted by Gasteiger charge is -2.20. The van der Waals surface area contributed by atoms with E-state index < -0.39 is 29.5 Å². The number of aromatic nitrogens is 2. The van der Waals surface area contributed by atoms with Crippen molar-refractivity contribution in [3.63, 3.8) is 0 Å². The van der Waals surface area contributed by atoms with Crippen molar-refractivity contribution in [2.75, 3.05) is 6.61 Å². The largest absolute Gasteiger partial charge is 0.465 e. The molecule has 35 heavy (non-hydrogen) atoms. The summed E-state index contributed by atoms with van der Waals surface area (Å²) in [6, 6.07) is 8.80. The van der Waals surface area contributed by atoms with Gasteiger partial charge in [0.2, 0.25) is 5.88 Å². The predicted molar refractivity (Wildman–Crippen MR) is 121 cm³/mol. The summed E-state index contributed by atoms with van der Waals surface area (Å²) >= 11 is 0. The Hall–Kier alpha value is -3.76. The van der Waals surface area contributed by atoms with Gasteiger partial charge in [-0.05, 0) is 57.5 Å². The maximum absolute atomic E-state index is 13.5. The van der Waals surface area contributed by atoms with Gasteiger partial charge >= 0.3 is 18.2 Å². The fourth-order valence-corrected chi connectivity index (χ4v) is 3.23. The minimum atomic E-state index is -4.73. The molecule has 188 valence electrons. The van der Waals surface area contributed by atoms with Crippen LogP contribution in [0.1, 0.15) is 39.0 Å². The third-order valence-electron chi connectivity index (χ3n) is 4.58. The summed E-state index contributed by atoms with van der Waals surface area (Å²) in [5, 5.41) is 3.00. The number of fused-ring (bicyclic) bond motifs is 1. The molecule has 0 aliphatic rings. The molecule has 0 saturated carbocycles. The maximum Gasteiger partial charge on any atom is 0.433 e. The van der Waals surface area contributed by atoms with Crippen LogP contribution >= 0.6 is 0 Å². The Morgan fingerprint density at radius 1 is 1.11 bits per heavy atom. The molecule has 0 fully saturated rings. The number of nitrogens with one attached hydrogen (secondary N) is 1. The van der Waals surface area contributed by atoms with Gasteiger partial charge in [-0.3, -0.25) is 4.79 Å². The van der Waals surface area contributed by atoms with Crippen LogP contribution in [0.2, 0.25) is 0 Å². The second-order valence-corrected chi connectivity index (χ2v) is 8.59. The van der Waals surface area contributed by atoms with Crippen LogP contribution < -0.4 is 10.1 Å². The van der Waals surface area contributed by atoms with Crippen LogP contribution in [-0.4, -0.2) is 33.8 Å². The number of alkyl halides is 3. The summed E-state index contributed by atoms with van der Waals surface area (Å²) in [5.41, 5.74) is -1.16. The molecule has 0 radical (unpaired) electrons. The fourth-order valence-electron chi connectivity index (χ4n) is 3.23. The molecule has 0 aliphatic carbocycles. The Balaban J connectivity index is 1.87. The monoisotopic (exact) mass is 493 g/mol. The highest BCUT2D eigenvalue weighted by Gasteiger charge is 2.33. The number of carbonyl (C=O) groups excluding carboxylic acids is 2. The second-order valence-electron chi connectivity index (χ2n) is 8.59. The molecule has 0 atom stereocenters. The first-order valence-electron chi connectivity index (χ1n) is 10.8. The molecule has 1 amide bonds. The van der Waals surface area contributed by atoms with Crippen molar-refractivity contribution in [1.29, 1.82) is 0 Å². The highest BCUT2D eigenvalue weighted by Crippen LogP contribution is 2.34. The summed E-state index contributed by atoms with van der Waals surface area (Å²) in [6.45, 7) is 6.73. The zero-order valence-electron chi connectivity index (χ0n) is 19.7. The van der Waals surface area contributed by atoms with E-state index in [4.69, 9.17) is 14.2 Å². The van der Waals surface area contributed by atoms with Crippen LogP contribution in [0.15, 0.2) is 42.6 Å². The van der Waals surface area contributed by atoms with E-state index in [0.29, 0.717) is 10.9 Å². The summed E-state index contributed by atoms with van der Waals surface area (Å²) in [5.74, 6) is -0.465. The number of esters is 1.